The molecule has 1 aliphatic carbocycles. The largest absolute Gasteiger partial charge is 0.382 e. The lowest BCUT2D eigenvalue weighted by Gasteiger charge is -2.36. The zero-order chi connectivity index (χ0) is 16.1. The number of hydrogen-bond donors (Lipinski definition) is 1. The zero-order valence-corrected chi connectivity index (χ0v) is 14.0. The van der Waals surface area contributed by atoms with Gasteiger partial charge in [0.15, 0.2) is 0 Å². The van der Waals surface area contributed by atoms with Gasteiger partial charge >= 0.3 is 0 Å². The highest BCUT2D eigenvalue weighted by atomic mass is 16.5. The molecule has 0 bridgehead atoms. The number of nitrogens with one attached hydrogen (secondary N) is 1. The standard InChI is InChI=1S/C18H27N3O2/c1-23-14-18(9-3-4-10-18)20-17(22)15-7-6-12-21(13-15)16-8-2-5-11-19-16/h2,5,8,11,15H,3-4,6-7,9-10,12-14H2,1H3,(H,20,22)/t15-/m1/s1. The summed E-state index contributed by atoms with van der Waals surface area (Å²) in [5, 5.41) is 3.32. The maximum absolute atomic E-state index is 12.8. The number of aromatic nitrogens is 1. The van der Waals surface area contributed by atoms with Crippen LogP contribution in [0.3, 0.4) is 0 Å². The number of carbonyl (C=O) groups is 1. The van der Waals surface area contributed by atoms with Crippen LogP contribution in [0.25, 0.3) is 0 Å². The minimum Gasteiger partial charge on any atom is -0.382 e. The molecule has 1 saturated carbocycles. The van der Waals surface area contributed by atoms with E-state index < -0.39 is 0 Å². The summed E-state index contributed by atoms with van der Waals surface area (Å²) in [7, 11) is 1.72. The summed E-state index contributed by atoms with van der Waals surface area (Å²) in [6.45, 7) is 2.35. The molecular formula is C18H27N3O2. The molecule has 1 aromatic heterocycles. The lowest BCUT2D eigenvalue weighted by molar-refractivity contribution is -0.128. The first-order chi connectivity index (χ1) is 11.2. The van der Waals surface area contributed by atoms with E-state index >= 15 is 0 Å². The van der Waals surface area contributed by atoms with Gasteiger partial charge in [-0.2, -0.15) is 0 Å². The van der Waals surface area contributed by atoms with Crippen LogP contribution in [-0.4, -0.2) is 43.2 Å². The molecule has 1 aliphatic heterocycles. The smallest absolute Gasteiger partial charge is 0.225 e. The second-order valence-electron chi connectivity index (χ2n) is 6.88. The van der Waals surface area contributed by atoms with E-state index in [1.54, 1.807) is 7.11 Å². The monoisotopic (exact) mass is 317 g/mol. The number of carbonyl (C=O) groups excluding carboxylic acids is 1. The Kier molecular flexibility index (Phi) is 5.16. The molecule has 23 heavy (non-hydrogen) atoms. The molecular weight excluding hydrogens is 290 g/mol. The molecule has 2 aliphatic rings. The van der Waals surface area contributed by atoms with Crippen LogP contribution in [0.15, 0.2) is 24.4 Å². The third-order valence-corrected chi connectivity index (χ3v) is 5.14. The number of pyridine rings is 1. The van der Waals surface area contributed by atoms with Crippen LogP contribution in [-0.2, 0) is 9.53 Å². The predicted molar refractivity (Wildman–Crippen MR) is 90.4 cm³/mol. The first-order valence-electron chi connectivity index (χ1n) is 8.69. The van der Waals surface area contributed by atoms with E-state index in [0.29, 0.717) is 6.61 Å². The molecule has 1 N–H and O–H groups in total. The number of ether oxygens (including phenoxy) is 1. The number of amides is 1. The molecule has 2 fully saturated rings. The second-order valence-corrected chi connectivity index (χ2v) is 6.88. The van der Waals surface area contributed by atoms with E-state index in [1.807, 2.05) is 24.4 Å². The predicted octanol–water partition coefficient (Wildman–Crippen LogP) is 2.37. The summed E-state index contributed by atoms with van der Waals surface area (Å²) in [5.74, 6) is 1.20. The number of hydrogen-bond acceptors (Lipinski definition) is 4. The Morgan fingerprint density at radius 3 is 2.91 bits per heavy atom. The Balaban J connectivity index is 1.63. The molecule has 0 aromatic carbocycles. The quantitative estimate of drug-likeness (QED) is 0.906. The Morgan fingerprint density at radius 2 is 2.22 bits per heavy atom. The van der Waals surface area contributed by atoms with Crippen molar-refractivity contribution < 1.29 is 9.53 Å². The van der Waals surface area contributed by atoms with Crippen LogP contribution in [0.2, 0.25) is 0 Å². The van der Waals surface area contributed by atoms with E-state index in [2.05, 4.69) is 15.2 Å². The van der Waals surface area contributed by atoms with Gasteiger partial charge in [-0.05, 0) is 37.8 Å². The Morgan fingerprint density at radius 1 is 1.39 bits per heavy atom. The van der Waals surface area contributed by atoms with Crippen molar-refractivity contribution in [1.82, 2.24) is 10.3 Å². The molecule has 5 heteroatoms. The van der Waals surface area contributed by atoms with Crippen LogP contribution < -0.4 is 10.2 Å². The molecule has 5 nitrogen and oxygen atoms in total. The summed E-state index contributed by atoms with van der Waals surface area (Å²) in [6, 6.07) is 5.94. The van der Waals surface area contributed by atoms with Crippen LogP contribution in [0.4, 0.5) is 5.82 Å². The van der Waals surface area contributed by atoms with E-state index in [9.17, 15) is 4.79 Å². The highest BCUT2D eigenvalue weighted by molar-refractivity contribution is 5.80. The maximum Gasteiger partial charge on any atom is 0.225 e. The average molecular weight is 317 g/mol. The fourth-order valence-corrected chi connectivity index (χ4v) is 3.94. The number of methoxy groups -OCH3 is 1. The van der Waals surface area contributed by atoms with Crippen molar-refractivity contribution in [3.63, 3.8) is 0 Å². The maximum atomic E-state index is 12.8. The van der Waals surface area contributed by atoms with Gasteiger partial charge in [0, 0.05) is 26.4 Å². The molecule has 3 rings (SSSR count). The van der Waals surface area contributed by atoms with Crippen molar-refractivity contribution in [2.75, 3.05) is 31.7 Å². The highest BCUT2D eigenvalue weighted by Gasteiger charge is 2.37. The van der Waals surface area contributed by atoms with Crippen molar-refractivity contribution in [2.24, 2.45) is 5.92 Å². The van der Waals surface area contributed by atoms with Crippen LogP contribution >= 0.6 is 0 Å². The van der Waals surface area contributed by atoms with E-state index in [1.165, 1.54) is 12.8 Å². The Labute approximate surface area is 138 Å². The first-order valence-corrected chi connectivity index (χ1v) is 8.69. The zero-order valence-electron chi connectivity index (χ0n) is 14.0. The number of anilines is 1. The first kappa shape index (κ1) is 16.2. The van der Waals surface area contributed by atoms with Crippen molar-refractivity contribution >= 4 is 11.7 Å². The number of rotatable bonds is 5. The van der Waals surface area contributed by atoms with Crippen molar-refractivity contribution in [1.29, 1.82) is 0 Å². The SMILES string of the molecule is COCC1(NC(=O)[C@@H]2CCCN(c3ccccn3)C2)CCCC1. The van der Waals surface area contributed by atoms with Gasteiger partial charge in [0.2, 0.25) is 5.91 Å². The summed E-state index contributed by atoms with van der Waals surface area (Å²) >= 11 is 0. The van der Waals surface area contributed by atoms with Crippen molar-refractivity contribution in [2.45, 2.75) is 44.1 Å². The lowest BCUT2D eigenvalue weighted by Crippen LogP contribution is -2.54. The minimum absolute atomic E-state index is 0.0417. The molecule has 2 heterocycles. The molecule has 1 saturated heterocycles. The van der Waals surface area contributed by atoms with E-state index in [4.69, 9.17) is 4.74 Å². The topological polar surface area (TPSA) is 54.5 Å². The summed E-state index contributed by atoms with van der Waals surface area (Å²) < 4.78 is 5.37. The molecule has 1 atom stereocenters. The van der Waals surface area contributed by atoms with Gasteiger partial charge in [-0.15, -0.1) is 0 Å². The van der Waals surface area contributed by atoms with Crippen LogP contribution in [0.1, 0.15) is 38.5 Å². The van der Waals surface area contributed by atoms with Gasteiger partial charge in [0.05, 0.1) is 18.1 Å². The van der Waals surface area contributed by atoms with Gasteiger partial charge in [-0.1, -0.05) is 18.9 Å². The summed E-state index contributed by atoms with van der Waals surface area (Å²) in [4.78, 5) is 19.4. The van der Waals surface area contributed by atoms with Gasteiger partial charge in [0.25, 0.3) is 0 Å². The van der Waals surface area contributed by atoms with Crippen LogP contribution in [0, 0.1) is 5.92 Å². The molecule has 0 spiro atoms. The van der Waals surface area contributed by atoms with E-state index in [0.717, 1.165) is 44.6 Å². The molecule has 126 valence electrons. The fraction of sp³-hybridized carbons (Fsp3) is 0.667. The third kappa shape index (κ3) is 3.83. The Hall–Kier alpha value is -1.62. The van der Waals surface area contributed by atoms with Gasteiger partial charge in [0.1, 0.15) is 5.82 Å². The van der Waals surface area contributed by atoms with Crippen molar-refractivity contribution in [3.05, 3.63) is 24.4 Å². The lowest BCUT2D eigenvalue weighted by atomic mass is 9.93. The number of nitrogens with zero attached hydrogens (tertiary/aromatic N) is 2. The molecule has 1 aromatic rings. The molecule has 0 unspecified atom stereocenters. The highest BCUT2D eigenvalue weighted by Crippen LogP contribution is 2.31. The fourth-order valence-electron chi connectivity index (χ4n) is 3.94. The second kappa shape index (κ2) is 7.30. The van der Waals surface area contributed by atoms with Crippen LogP contribution in [0.5, 0.6) is 0 Å². The minimum atomic E-state index is -0.140. The summed E-state index contributed by atoms with van der Waals surface area (Å²) in [5.41, 5.74) is -0.140. The Bertz CT molecular complexity index is 514. The average Bonchev–Trinajstić information content (AvgIpc) is 3.04. The van der Waals surface area contributed by atoms with E-state index in [-0.39, 0.29) is 17.4 Å². The van der Waals surface area contributed by atoms with Gasteiger partial charge in [-0.25, -0.2) is 4.98 Å². The molecule has 0 radical (unpaired) electrons. The summed E-state index contributed by atoms with van der Waals surface area (Å²) in [6.07, 6.45) is 8.21. The normalized spacial score (nSPS) is 23.7. The number of piperidine rings is 1. The van der Waals surface area contributed by atoms with Gasteiger partial charge < -0.3 is 15.0 Å². The molecule has 1 amide bonds. The third-order valence-electron chi connectivity index (χ3n) is 5.14. The van der Waals surface area contributed by atoms with Gasteiger partial charge in [-0.3, -0.25) is 4.79 Å². The van der Waals surface area contributed by atoms with Crippen molar-refractivity contribution in [3.8, 4) is 0 Å².